The summed E-state index contributed by atoms with van der Waals surface area (Å²) < 4.78 is 32.0. The first-order valence-corrected chi connectivity index (χ1v) is 14.2. The second-order valence-corrected chi connectivity index (χ2v) is 11.4. The Hall–Kier alpha value is -4.44. The predicted octanol–water partition coefficient (Wildman–Crippen LogP) is 4.00. The maximum atomic E-state index is 13.6. The standard InChI is InChI=1S/C29H26N4O5S/c34-26-21-8-4-5-9-23(21)33(15-14-18-10-11-18)29(36)25(26)27-31-22-13-12-20(16-24(22)39(37,38)32-27)28(35)30-17-19-6-2-1-3-7-19/h1-9,12-13,16,18,34H,10-11,14-15,17H2,(H,30,35)(H,31,32). The lowest BCUT2D eigenvalue weighted by Gasteiger charge is -2.21. The largest absolute Gasteiger partial charge is 0.506 e. The number of carbonyl (C=O) groups is 1. The zero-order chi connectivity index (χ0) is 27.1. The van der Waals surface area contributed by atoms with E-state index in [9.17, 15) is 23.1 Å². The van der Waals surface area contributed by atoms with Crippen molar-refractivity contribution in [2.75, 3.05) is 5.32 Å². The van der Waals surface area contributed by atoms with Crippen LogP contribution in [0.2, 0.25) is 0 Å². The topological polar surface area (TPSA) is 130 Å². The van der Waals surface area contributed by atoms with Gasteiger partial charge in [-0.05, 0) is 48.2 Å². The van der Waals surface area contributed by atoms with Crippen LogP contribution in [0.15, 0.2) is 86.9 Å². The number of amides is 1. The summed E-state index contributed by atoms with van der Waals surface area (Å²) in [6.07, 6.45) is 3.09. The molecule has 1 aliphatic carbocycles. The number of para-hydroxylation sites is 1. The van der Waals surface area contributed by atoms with Crippen LogP contribution in [0.3, 0.4) is 0 Å². The molecule has 4 aromatic rings. The Bertz CT molecular complexity index is 1810. The van der Waals surface area contributed by atoms with Crippen molar-refractivity contribution in [3.63, 3.8) is 0 Å². The molecule has 1 aliphatic heterocycles. The molecular weight excluding hydrogens is 516 g/mol. The summed E-state index contributed by atoms with van der Waals surface area (Å²) in [5, 5.41) is 17.2. The monoisotopic (exact) mass is 542 g/mol. The zero-order valence-electron chi connectivity index (χ0n) is 20.9. The third-order valence-corrected chi connectivity index (χ3v) is 8.44. The molecule has 39 heavy (non-hydrogen) atoms. The first kappa shape index (κ1) is 24.9. The van der Waals surface area contributed by atoms with E-state index in [2.05, 4.69) is 15.0 Å². The number of rotatable bonds is 7. The molecule has 198 valence electrons. The molecule has 0 bridgehead atoms. The van der Waals surface area contributed by atoms with E-state index in [4.69, 9.17) is 0 Å². The van der Waals surface area contributed by atoms with Crippen molar-refractivity contribution >= 4 is 38.4 Å². The first-order valence-electron chi connectivity index (χ1n) is 12.7. The minimum absolute atomic E-state index is 0.157. The number of pyridine rings is 1. The van der Waals surface area contributed by atoms with Gasteiger partial charge in [0.25, 0.3) is 21.5 Å². The van der Waals surface area contributed by atoms with Crippen molar-refractivity contribution in [3.05, 3.63) is 99.8 Å². The van der Waals surface area contributed by atoms with Crippen molar-refractivity contribution in [1.82, 2.24) is 9.88 Å². The highest BCUT2D eigenvalue weighted by atomic mass is 32.2. The van der Waals surface area contributed by atoms with E-state index in [0.29, 0.717) is 29.9 Å². The highest BCUT2D eigenvalue weighted by Crippen LogP contribution is 2.35. The van der Waals surface area contributed by atoms with Gasteiger partial charge >= 0.3 is 0 Å². The van der Waals surface area contributed by atoms with Crippen LogP contribution in [0.1, 0.15) is 40.7 Å². The molecule has 0 radical (unpaired) electrons. The number of amidine groups is 1. The summed E-state index contributed by atoms with van der Waals surface area (Å²) >= 11 is 0. The molecule has 6 rings (SSSR count). The normalized spacial score (nSPS) is 15.7. The van der Waals surface area contributed by atoms with Gasteiger partial charge in [-0.1, -0.05) is 55.3 Å². The van der Waals surface area contributed by atoms with E-state index in [1.807, 2.05) is 30.3 Å². The molecule has 1 fully saturated rings. The number of fused-ring (bicyclic) bond motifs is 2. The van der Waals surface area contributed by atoms with Crippen LogP contribution in [0.5, 0.6) is 5.75 Å². The Morgan fingerprint density at radius 1 is 1.05 bits per heavy atom. The van der Waals surface area contributed by atoms with Gasteiger partial charge in [-0.2, -0.15) is 8.42 Å². The summed E-state index contributed by atoms with van der Waals surface area (Å²) in [6, 6.07) is 20.6. The number of hydrogen-bond acceptors (Lipinski definition) is 6. The van der Waals surface area contributed by atoms with E-state index < -0.39 is 21.5 Å². The van der Waals surface area contributed by atoms with Gasteiger partial charge in [0.2, 0.25) is 0 Å². The van der Waals surface area contributed by atoms with Crippen molar-refractivity contribution in [2.24, 2.45) is 10.3 Å². The Labute approximate surface area is 224 Å². The number of benzene rings is 3. The molecule has 0 atom stereocenters. The number of nitrogens with one attached hydrogen (secondary N) is 2. The molecule has 0 spiro atoms. The number of sulfonamides is 1. The number of hydrogen-bond donors (Lipinski definition) is 3. The van der Waals surface area contributed by atoms with Gasteiger partial charge in [0.15, 0.2) is 5.84 Å². The van der Waals surface area contributed by atoms with Gasteiger partial charge < -0.3 is 20.3 Å². The fraction of sp³-hybridized carbons (Fsp3) is 0.207. The fourth-order valence-corrected chi connectivity index (χ4v) is 5.98. The van der Waals surface area contributed by atoms with Crippen LogP contribution >= 0.6 is 0 Å². The van der Waals surface area contributed by atoms with E-state index in [-0.39, 0.29) is 33.3 Å². The number of anilines is 1. The Kier molecular flexibility index (Phi) is 6.19. The van der Waals surface area contributed by atoms with Crippen LogP contribution in [0.4, 0.5) is 5.69 Å². The molecule has 1 aromatic heterocycles. The maximum absolute atomic E-state index is 13.6. The van der Waals surface area contributed by atoms with Crippen LogP contribution in [0.25, 0.3) is 10.9 Å². The lowest BCUT2D eigenvalue weighted by molar-refractivity contribution is 0.0950. The quantitative estimate of drug-likeness (QED) is 0.324. The van der Waals surface area contributed by atoms with Crippen molar-refractivity contribution in [3.8, 4) is 5.75 Å². The second kappa shape index (κ2) is 9.70. The van der Waals surface area contributed by atoms with Crippen LogP contribution in [-0.4, -0.2) is 29.8 Å². The van der Waals surface area contributed by atoms with Crippen LogP contribution < -0.4 is 16.2 Å². The third kappa shape index (κ3) is 4.79. The van der Waals surface area contributed by atoms with Crippen LogP contribution in [0, 0.1) is 5.92 Å². The second-order valence-electron chi connectivity index (χ2n) is 9.85. The lowest BCUT2D eigenvalue weighted by Crippen LogP contribution is -2.33. The molecule has 1 saturated carbocycles. The number of aromatic nitrogens is 1. The molecule has 10 heteroatoms. The molecule has 3 N–H and O–H groups in total. The molecule has 0 unspecified atom stereocenters. The molecular formula is C29H26N4O5S. The number of carbonyl (C=O) groups excluding carboxylic acids is 1. The number of aromatic hydroxyl groups is 1. The van der Waals surface area contributed by atoms with E-state index in [0.717, 1.165) is 24.8 Å². The van der Waals surface area contributed by atoms with Gasteiger partial charge in [-0.25, -0.2) is 0 Å². The Balaban J connectivity index is 1.35. The molecule has 3 aromatic carbocycles. The minimum atomic E-state index is -4.29. The predicted molar refractivity (Wildman–Crippen MR) is 149 cm³/mol. The summed E-state index contributed by atoms with van der Waals surface area (Å²) in [7, 11) is -4.29. The molecule has 1 amide bonds. The third-order valence-electron chi connectivity index (χ3n) is 7.12. The van der Waals surface area contributed by atoms with Crippen molar-refractivity contribution in [2.45, 2.75) is 37.2 Å². The Morgan fingerprint density at radius 3 is 2.56 bits per heavy atom. The summed E-state index contributed by atoms with van der Waals surface area (Å²) in [5.41, 5.74) is 1.08. The highest BCUT2D eigenvalue weighted by molar-refractivity contribution is 7.90. The summed E-state index contributed by atoms with van der Waals surface area (Å²) in [6.45, 7) is 0.744. The van der Waals surface area contributed by atoms with Gasteiger partial charge in [0.1, 0.15) is 16.2 Å². The zero-order valence-corrected chi connectivity index (χ0v) is 21.7. The summed E-state index contributed by atoms with van der Waals surface area (Å²) in [5.74, 6) is -0.445. The highest BCUT2D eigenvalue weighted by Gasteiger charge is 2.31. The maximum Gasteiger partial charge on any atom is 0.286 e. The van der Waals surface area contributed by atoms with Crippen molar-refractivity contribution in [1.29, 1.82) is 0 Å². The van der Waals surface area contributed by atoms with Crippen molar-refractivity contribution < 1.29 is 18.3 Å². The lowest BCUT2D eigenvalue weighted by atomic mass is 10.1. The smallest absolute Gasteiger partial charge is 0.286 e. The van der Waals surface area contributed by atoms with Gasteiger partial charge in [0.05, 0.1) is 11.2 Å². The average molecular weight is 543 g/mol. The number of aryl methyl sites for hydroxylation is 1. The van der Waals surface area contributed by atoms with Gasteiger partial charge in [-0.15, -0.1) is 4.40 Å². The first-order chi connectivity index (χ1) is 18.8. The minimum Gasteiger partial charge on any atom is -0.506 e. The van der Waals surface area contributed by atoms with Gasteiger partial charge in [0, 0.05) is 24.0 Å². The summed E-state index contributed by atoms with van der Waals surface area (Å²) in [4.78, 5) is 26.2. The molecule has 2 aliphatic rings. The van der Waals surface area contributed by atoms with E-state index >= 15 is 0 Å². The SMILES string of the molecule is O=C(NCc1ccccc1)c1ccc2c(c1)S(=O)(=O)N=C(c1c(O)c3ccccc3n(CCC3CC3)c1=O)N2. The van der Waals surface area contributed by atoms with E-state index in [1.165, 1.54) is 18.2 Å². The Morgan fingerprint density at radius 2 is 1.79 bits per heavy atom. The average Bonchev–Trinajstić information content (AvgIpc) is 3.76. The van der Waals surface area contributed by atoms with Crippen LogP contribution in [-0.2, 0) is 23.1 Å². The van der Waals surface area contributed by atoms with Gasteiger partial charge in [-0.3, -0.25) is 9.59 Å². The number of nitrogens with zero attached hydrogens (tertiary/aromatic N) is 2. The molecule has 9 nitrogen and oxygen atoms in total. The molecule has 0 saturated heterocycles. The fourth-order valence-electron chi connectivity index (χ4n) is 4.83. The van der Waals surface area contributed by atoms with E-state index in [1.54, 1.807) is 28.8 Å². The molecule has 2 heterocycles.